The van der Waals surface area contributed by atoms with E-state index in [9.17, 15) is 0 Å². The molecule has 0 amide bonds. The second-order valence-corrected chi connectivity index (χ2v) is 15.3. The maximum Gasteiger partial charge on any atom is 0.238 e. The molecule has 0 heterocycles. The molecule has 0 aromatic carbocycles. The maximum absolute atomic E-state index is 6.12. The van der Waals surface area contributed by atoms with Crippen molar-refractivity contribution in [3.05, 3.63) is 22.5 Å². The van der Waals surface area contributed by atoms with E-state index in [1.54, 1.807) is 10.4 Å². The third-order valence-corrected chi connectivity index (χ3v) is 10.3. The monoisotopic (exact) mass is 339 g/mol. The number of halogens is 2. The Morgan fingerprint density at radius 1 is 1.17 bits per heavy atom. The van der Waals surface area contributed by atoms with Gasteiger partial charge in [0.15, 0.2) is 0 Å². The molecule has 0 N–H and O–H groups in total. The summed E-state index contributed by atoms with van der Waals surface area (Å²) in [6, 6.07) is 1.66. The van der Waals surface area contributed by atoms with Gasteiger partial charge in [-0.1, -0.05) is 29.5 Å². The SMILES string of the molecule is CC=C(C)[SiH2]N([SiH2]C(C)=CC)C(CC)C[SiH](Cl)Cl. The van der Waals surface area contributed by atoms with Gasteiger partial charge in [-0.3, -0.25) is 0 Å². The average molecular weight is 341 g/mol. The Kier molecular flexibility index (Phi) is 10.8. The van der Waals surface area contributed by atoms with E-state index in [-0.39, 0.29) is 19.4 Å². The van der Waals surface area contributed by atoms with Gasteiger partial charge in [0.1, 0.15) is 19.4 Å². The summed E-state index contributed by atoms with van der Waals surface area (Å²) in [5, 5.41) is 3.15. The number of rotatable bonds is 8. The molecular weight excluding hydrogens is 313 g/mol. The number of hydrogen-bond donors (Lipinski definition) is 0. The van der Waals surface area contributed by atoms with Gasteiger partial charge >= 0.3 is 0 Å². The summed E-state index contributed by atoms with van der Waals surface area (Å²) in [6.07, 6.45) is 5.71. The van der Waals surface area contributed by atoms with E-state index in [1.165, 1.54) is 6.42 Å². The summed E-state index contributed by atoms with van der Waals surface area (Å²) in [5.41, 5.74) is 0. The van der Waals surface area contributed by atoms with Gasteiger partial charge in [0.05, 0.1) is 0 Å². The van der Waals surface area contributed by atoms with Crippen LogP contribution in [0.3, 0.4) is 0 Å². The van der Waals surface area contributed by atoms with Crippen molar-refractivity contribution in [3.8, 4) is 0 Å². The van der Waals surface area contributed by atoms with Crippen LogP contribution in [-0.4, -0.2) is 37.1 Å². The van der Waals surface area contributed by atoms with E-state index in [2.05, 4.69) is 51.0 Å². The first-order valence-electron chi connectivity index (χ1n) is 6.70. The minimum Gasteiger partial charge on any atom is -0.346 e. The molecule has 1 unspecified atom stereocenters. The van der Waals surface area contributed by atoms with Crippen molar-refractivity contribution in [3.63, 3.8) is 0 Å². The Morgan fingerprint density at radius 2 is 1.61 bits per heavy atom. The molecule has 0 rings (SSSR count). The van der Waals surface area contributed by atoms with Crippen LogP contribution in [0.25, 0.3) is 0 Å². The minimum atomic E-state index is -1.50. The molecule has 0 aliphatic heterocycles. The van der Waals surface area contributed by atoms with Crippen molar-refractivity contribution < 1.29 is 0 Å². The smallest absolute Gasteiger partial charge is 0.238 e. The quantitative estimate of drug-likeness (QED) is 0.485. The topological polar surface area (TPSA) is 3.24 Å². The van der Waals surface area contributed by atoms with Gasteiger partial charge in [0.25, 0.3) is 0 Å². The zero-order chi connectivity index (χ0) is 14.1. The molecule has 0 saturated heterocycles. The molecule has 18 heavy (non-hydrogen) atoms. The highest BCUT2D eigenvalue weighted by molar-refractivity contribution is 7.33. The van der Waals surface area contributed by atoms with E-state index < -0.39 is 7.42 Å². The molecule has 1 atom stereocenters. The number of hydrogen-bond acceptors (Lipinski definition) is 1. The molecular formula is C12H27Cl2NSi3. The summed E-state index contributed by atoms with van der Waals surface area (Å²) >= 11 is 12.2. The zero-order valence-corrected chi connectivity index (χ0v) is 17.8. The molecule has 0 bridgehead atoms. The first-order chi connectivity index (χ1) is 8.44. The van der Waals surface area contributed by atoms with Gasteiger partial charge < -0.3 is 4.23 Å². The fourth-order valence-electron chi connectivity index (χ4n) is 1.92. The summed E-state index contributed by atoms with van der Waals surface area (Å²) in [4.78, 5) is 0. The van der Waals surface area contributed by atoms with Gasteiger partial charge in [-0.25, -0.2) is 0 Å². The van der Waals surface area contributed by atoms with E-state index >= 15 is 0 Å². The van der Waals surface area contributed by atoms with Crippen LogP contribution in [-0.2, 0) is 0 Å². The van der Waals surface area contributed by atoms with Gasteiger partial charge in [-0.15, -0.1) is 0 Å². The molecule has 6 heteroatoms. The standard InChI is InChI=1S/C12H27Cl2NSi3/c1-6-10(4)16-15(17-11(5)7-2)12(8-3)9-18(13)14/h6-7,12,18H,8-9,16-17H2,1-5H3. The summed E-state index contributed by atoms with van der Waals surface area (Å²) in [5.74, 6) is 0. The predicted octanol–water partition coefficient (Wildman–Crippen LogP) is 2.78. The van der Waals surface area contributed by atoms with Crippen LogP contribution in [0.4, 0.5) is 0 Å². The molecule has 0 aliphatic carbocycles. The fourth-order valence-corrected chi connectivity index (χ4v) is 10.3. The summed E-state index contributed by atoms with van der Waals surface area (Å²) in [7, 11) is -2.07. The Labute approximate surface area is 128 Å². The Balaban J connectivity index is 4.80. The first kappa shape index (κ1) is 18.7. The highest BCUT2D eigenvalue weighted by atomic mass is 35.7. The van der Waals surface area contributed by atoms with Crippen LogP contribution in [0.2, 0.25) is 6.04 Å². The summed E-state index contributed by atoms with van der Waals surface area (Å²) < 4.78 is 2.79. The average Bonchev–Trinajstić information content (AvgIpc) is 2.34. The second kappa shape index (κ2) is 10.5. The number of nitrogens with zero attached hydrogens (tertiary/aromatic N) is 1. The van der Waals surface area contributed by atoms with E-state index in [1.807, 2.05) is 0 Å². The molecule has 106 valence electrons. The predicted molar refractivity (Wildman–Crippen MR) is 95.5 cm³/mol. The second-order valence-electron chi connectivity index (χ2n) is 4.86. The van der Waals surface area contributed by atoms with Crippen LogP contribution in [0.15, 0.2) is 22.5 Å². The molecule has 0 saturated carbocycles. The Hall–Kier alpha value is 0.671. The van der Waals surface area contributed by atoms with Crippen LogP contribution in [0.1, 0.15) is 41.0 Å². The first-order valence-corrected chi connectivity index (χ1v) is 13.7. The van der Waals surface area contributed by atoms with E-state index in [0.29, 0.717) is 6.04 Å². The molecule has 0 aromatic heterocycles. The molecule has 0 fully saturated rings. The van der Waals surface area contributed by atoms with Crippen molar-refractivity contribution in [1.29, 1.82) is 0 Å². The Morgan fingerprint density at radius 3 is 1.89 bits per heavy atom. The lowest BCUT2D eigenvalue weighted by molar-refractivity contribution is 0.495. The lowest BCUT2D eigenvalue weighted by Crippen LogP contribution is -2.42. The normalized spacial score (nSPS) is 16.9. The van der Waals surface area contributed by atoms with Gasteiger partial charge in [0, 0.05) is 0 Å². The highest BCUT2D eigenvalue weighted by Crippen LogP contribution is 2.17. The van der Waals surface area contributed by atoms with Crippen LogP contribution in [0.5, 0.6) is 0 Å². The lowest BCUT2D eigenvalue weighted by atomic mass is 10.3. The van der Waals surface area contributed by atoms with Crippen molar-refractivity contribution in [2.75, 3.05) is 0 Å². The Bertz CT molecular complexity index is 273. The minimum absolute atomic E-state index is 0.284. The van der Waals surface area contributed by atoms with Gasteiger partial charge in [0.2, 0.25) is 7.42 Å². The van der Waals surface area contributed by atoms with Crippen LogP contribution >= 0.6 is 22.2 Å². The van der Waals surface area contributed by atoms with Crippen LogP contribution in [0, 0.1) is 0 Å². The van der Waals surface area contributed by atoms with Crippen LogP contribution < -0.4 is 0 Å². The molecule has 0 aliphatic rings. The van der Waals surface area contributed by atoms with Crippen molar-refractivity contribution in [2.45, 2.75) is 53.1 Å². The van der Waals surface area contributed by atoms with Crippen molar-refractivity contribution >= 4 is 48.9 Å². The number of allylic oxidation sites excluding steroid dienone is 4. The molecule has 1 nitrogen and oxygen atoms in total. The third kappa shape index (κ3) is 7.97. The van der Waals surface area contributed by atoms with Crippen molar-refractivity contribution in [1.82, 2.24) is 4.23 Å². The molecule has 0 radical (unpaired) electrons. The lowest BCUT2D eigenvalue weighted by Gasteiger charge is -2.32. The largest absolute Gasteiger partial charge is 0.346 e. The zero-order valence-electron chi connectivity index (χ0n) is 12.3. The molecule has 0 spiro atoms. The van der Waals surface area contributed by atoms with E-state index in [0.717, 1.165) is 6.04 Å². The highest BCUT2D eigenvalue weighted by Gasteiger charge is 2.20. The van der Waals surface area contributed by atoms with E-state index in [4.69, 9.17) is 22.2 Å². The maximum atomic E-state index is 6.12. The van der Waals surface area contributed by atoms with Gasteiger partial charge in [-0.2, -0.15) is 22.2 Å². The third-order valence-electron chi connectivity index (χ3n) is 3.33. The summed E-state index contributed by atoms with van der Waals surface area (Å²) in [6.45, 7) is 11.1. The van der Waals surface area contributed by atoms with Gasteiger partial charge in [-0.05, 0) is 46.2 Å². The fraction of sp³-hybridized carbons (Fsp3) is 0.667. The van der Waals surface area contributed by atoms with Crippen molar-refractivity contribution in [2.24, 2.45) is 0 Å². The molecule has 0 aromatic rings.